The average molecular weight is 466 g/mol. The van der Waals surface area contributed by atoms with Crippen LogP contribution in [-0.4, -0.2) is 74.7 Å². The van der Waals surface area contributed by atoms with Crippen molar-refractivity contribution in [3.8, 4) is 0 Å². The maximum Gasteiger partial charge on any atom is 0.243 e. The molecule has 0 bridgehead atoms. The number of piperidine rings is 1. The molecule has 2 saturated heterocycles. The largest absolute Gasteiger partial charge is 0.338 e. The van der Waals surface area contributed by atoms with E-state index < -0.39 is 20.0 Å². The summed E-state index contributed by atoms with van der Waals surface area (Å²) in [5.74, 6) is 0.907. The molecule has 11 heteroatoms. The number of hydrogen-bond donors (Lipinski definition) is 0. The van der Waals surface area contributed by atoms with Gasteiger partial charge < -0.3 is 4.90 Å². The van der Waals surface area contributed by atoms with Gasteiger partial charge in [0.15, 0.2) is 0 Å². The second-order valence-corrected chi connectivity index (χ2v) is 11.9. The SMILES string of the molecule is CC1CCCN(S(=O)(=O)c2ccc(S(=O)(=O)N3CCN(c4ncccn4)CC3)cc2)C1. The van der Waals surface area contributed by atoms with E-state index in [2.05, 4.69) is 9.97 Å². The first-order valence-electron chi connectivity index (χ1n) is 10.4. The van der Waals surface area contributed by atoms with Gasteiger partial charge in [-0.1, -0.05) is 6.92 Å². The van der Waals surface area contributed by atoms with Crippen LogP contribution in [0.1, 0.15) is 19.8 Å². The van der Waals surface area contributed by atoms with Crippen molar-refractivity contribution in [3.63, 3.8) is 0 Å². The summed E-state index contributed by atoms with van der Waals surface area (Å²) in [6.45, 7) is 4.64. The zero-order valence-corrected chi connectivity index (χ0v) is 19.1. The first-order chi connectivity index (χ1) is 14.8. The summed E-state index contributed by atoms with van der Waals surface area (Å²) in [5, 5.41) is 0. The summed E-state index contributed by atoms with van der Waals surface area (Å²) < 4.78 is 54.8. The summed E-state index contributed by atoms with van der Waals surface area (Å²) in [6.07, 6.45) is 5.18. The van der Waals surface area contributed by atoms with Crippen LogP contribution in [0.2, 0.25) is 0 Å². The van der Waals surface area contributed by atoms with Crippen molar-refractivity contribution in [2.24, 2.45) is 5.92 Å². The summed E-state index contributed by atoms with van der Waals surface area (Å²) >= 11 is 0. The number of benzene rings is 1. The van der Waals surface area contributed by atoms with Gasteiger partial charge in [0.25, 0.3) is 0 Å². The molecule has 0 spiro atoms. The van der Waals surface area contributed by atoms with E-state index in [4.69, 9.17) is 0 Å². The van der Waals surface area contributed by atoms with Gasteiger partial charge >= 0.3 is 0 Å². The predicted octanol–water partition coefficient (Wildman–Crippen LogP) is 1.41. The van der Waals surface area contributed by atoms with Gasteiger partial charge in [-0.15, -0.1) is 0 Å². The van der Waals surface area contributed by atoms with E-state index in [-0.39, 0.29) is 9.79 Å². The number of anilines is 1. The maximum atomic E-state index is 13.1. The highest BCUT2D eigenvalue weighted by atomic mass is 32.2. The maximum absolute atomic E-state index is 13.1. The van der Waals surface area contributed by atoms with Crippen LogP contribution in [0.25, 0.3) is 0 Å². The molecule has 2 aliphatic rings. The predicted molar refractivity (Wildman–Crippen MR) is 117 cm³/mol. The third-order valence-electron chi connectivity index (χ3n) is 5.79. The van der Waals surface area contributed by atoms with Crippen LogP contribution >= 0.6 is 0 Å². The molecule has 1 atom stereocenters. The Morgan fingerprint density at radius 3 is 1.90 bits per heavy atom. The molecule has 3 heterocycles. The lowest BCUT2D eigenvalue weighted by atomic mass is 10.0. The molecular formula is C20H27N5O4S2. The van der Waals surface area contributed by atoms with E-state index in [0.717, 1.165) is 12.8 Å². The molecule has 0 amide bonds. The molecule has 0 radical (unpaired) electrons. The summed E-state index contributed by atoms with van der Waals surface area (Å²) in [4.78, 5) is 10.6. The highest BCUT2D eigenvalue weighted by Gasteiger charge is 2.31. The molecule has 0 N–H and O–H groups in total. The van der Waals surface area contributed by atoms with Gasteiger partial charge in [0.05, 0.1) is 9.79 Å². The standard InChI is InChI=1S/C20H27N5O4S2/c1-17-4-2-11-25(16-17)31(28,29)19-7-5-18(6-8-19)30(26,27)24-14-12-23(13-15-24)20-21-9-3-10-22-20/h3,5-10,17H,2,4,11-16H2,1H3. The topological polar surface area (TPSA) is 104 Å². The Kier molecular flexibility index (Phi) is 6.29. The number of aromatic nitrogens is 2. The Labute approximate surface area is 183 Å². The molecule has 0 aliphatic carbocycles. The number of nitrogens with zero attached hydrogens (tertiary/aromatic N) is 5. The minimum Gasteiger partial charge on any atom is -0.338 e. The van der Waals surface area contributed by atoms with E-state index in [1.165, 1.54) is 32.9 Å². The van der Waals surface area contributed by atoms with Crippen molar-refractivity contribution in [2.45, 2.75) is 29.6 Å². The first-order valence-corrected chi connectivity index (χ1v) is 13.3. The Morgan fingerprint density at radius 1 is 0.806 bits per heavy atom. The van der Waals surface area contributed by atoms with Crippen molar-refractivity contribution in [1.29, 1.82) is 0 Å². The van der Waals surface area contributed by atoms with E-state index in [1.54, 1.807) is 18.5 Å². The molecule has 9 nitrogen and oxygen atoms in total. The monoisotopic (exact) mass is 465 g/mol. The van der Waals surface area contributed by atoms with Gasteiger partial charge in [0, 0.05) is 51.7 Å². The van der Waals surface area contributed by atoms with Crippen LogP contribution in [-0.2, 0) is 20.0 Å². The highest BCUT2D eigenvalue weighted by Crippen LogP contribution is 2.25. The van der Waals surface area contributed by atoms with Gasteiger partial charge in [-0.05, 0) is 49.1 Å². The zero-order valence-electron chi connectivity index (χ0n) is 17.5. The molecule has 1 aromatic heterocycles. The smallest absolute Gasteiger partial charge is 0.243 e. The fraction of sp³-hybridized carbons (Fsp3) is 0.500. The second-order valence-electron chi connectivity index (χ2n) is 8.02. The molecule has 2 aromatic rings. The highest BCUT2D eigenvalue weighted by molar-refractivity contribution is 7.89. The first kappa shape index (κ1) is 22.1. The van der Waals surface area contributed by atoms with Crippen LogP contribution in [0.5, 0.6) is 0 Å². The van der Waals surface area contributed by atoms with Crippen LogP contribution in [0, 0.1) is 5.92 Å². The zero-order chi connectivity index (χ0) is 22.1. The lowest BCUT2D eigenvalue weighted by Gasteiger charge is -2.34. The van der Waals surface area contributed by atoms with E-state index in [1.807, 2.05) is 11.8 Å². The Hall–Kier alpha value is -2.08. The molecular weight excluding hydrogens is 438 g/mol. The number of piperazine rings is 1. The number of hydrogen-bond acceptors (Lipinski definition) is 7. The molecule has 31 heavy (non-hydrogen) atoms. The minimum absolute atomic E-state index is 0.0999. The molecule has 4 rings (SSSR count). The fourth-order valence-corrected chi connectivity index (χ4v) is 7.05. The van der Waals surface area contributed by atoms with Gasteiger partial charge in [0.2, 0.25) is 26.0 Å². The number of sulfonamides is 2. The molecule has 168 valence electrons. The quantitative estimate of drug-likeness (QED) is 0.658. The molecule has 1 unspecified atom stereocenters. The van der Waals surface area contributed by atoms with Crippen LogP contribution in [0.3, 0.4) is 0 Å². The van der Waals surface area contributed by atoms with Crippen molar-refractivity contribution in [1.82, 2.24) is 18.6 Å². The Morgan fingerprint density at radius 2 is 1.35 bits per heavy atom. The van der Waals surface area contributed by atoms with Crippen LogP contribution < -0.4 is 4.90 Å². The average Bonchev–Trinajstić information content (AvgIpc) is 2.80. The van der Waals surface area contributed by atoms with E-state index >= 15 is 0 Å². The number of rotatable bonds is 5. The molecule has 2 aliphatic heterocycles. The molecule has 2 fully saturated rings. The van der Waals surface area contributed by atoms with Crippen molar-refractivity contribution in [3.05, 3.63) is 42.7 Å². The van der Waals surface area contributed by atoms with Crippen molar-refractivity contribution in [2.75, 3.05) is 44.2 Å². The third kappa shape index (κ3) is 4.59. The summed E-state index contributed by atoms with van der Waals surface area (Å²) in [7, 11) is -7.32. The second kappa shape index (κ2) is 8.81. The minimum atomic E-state index is -3.71. The van der Waals surface area contributed by atoms with Crippen LogP contribution in [0.4, 0.5) is 5.95 Å². The van der Waals surface area contributed by atoms with E-state index in [9.17, 15) is 16.8 Å². The fourth-order valence-electron chi connectivity index (χ4n) is 4.03. The third-order valence-corrected chi connectivity index (χ3v) is 9.58. The summed E-state index contributed by atoms with van der Waals surface area (Å²) in [6, 6.07) is 7.32. The van der Waals surface area contributed by atoms with Gasteiger partial charge in [-0.2, -0.15) is 8.61 Å². The van der Waals surface area contributed by atoms with Gasteiger partial charge in [-0.3, -0.25) is 0 Å². The lowest BCUT2D eigenvalue weighted by Crippen LogP contribution is -2.49. The Balaban J connectivity index is 1.46. The molecule has 0 saturated carbocycles. The lowest BCUT2D eigenvalue weighted by molar-refractivity contribution is 0.281. The normalized spacial score (nSPS) is 21.8. The molecule has 1 aromatic carbocycles. The summed E-state index contributed by atoms with van der Waals surface area (Å²) in [5.41, 5.74) is 0. The van der Waals surface area contributed by atoms with E-state index in [0.29, 0.717) is 51.1 Å². The van der Waals surface area contributed by atoms with Gasteiger partial charge in [-0.25, -0.2) is 26.8 Å². The van der Waals surface area contributed by atoms with Crippen molar-refractivity contribution >= 4 is 26.0 Å². The van der Waals surface area contributed by atoms with Crippen LogP contribution in [0.15, 0.2) is 52.5 Å². The van der Waals surface area contributed by atoms with Crippen molar-refractivity contribution < 1.29 is 16.8 Å². The van der Waals surface area contributed by atoms with Gasteiger partial charge in [0.1, 0.15) is 0 Å². The Bertz CT molecular complexity index is 1100.